The number of aromatic nitrogens is 1. The van der Waals surface area contributed by atoms with Crippen molar-refractivity contribution in [2.75, 3.05) is 18.0 Å². The lowest BCUT2D eigenvalue weighted by atomic mass is 9.80. The highest BCUT2D eigenvalue weighted by molar-refractivity contribution is 6.44. The van der Waals surface area contributed by atoms with Gasteiger partial charge in [-0.2, -0.15) is 0 Å². The monoisotopic (exact) mass is 398 g/mol. The summed E-state index contributed by atoms with van der Waals surface area (Å²) in [6.45, 7) is 1.23. The first kappa shape index (κ1) is 17.0. The van der Waals surface area contributed by atoms with Gasteiger partial charge in [0.05, 0.1) is 17.6 Å². The van der Waals surface area contributed by atoms with E-state index in [1.165, 1.54) is 0 Å². The summed E-state index contributed by atoms with van der Waals surface area (Å²) in [4.78, 5) is 28.3. The topological polar surface area (TPSA) is 102 Å². The molecule has 3 atom stereocenters. The average molecular weight is 398 g/mol. The zero-order valence-corrected chi connectivity index (χ0v) is 15.6. The fourth-order valence-corrected chi connectivity index (χ4v) is 5.08. The molecule has 4 heterocycles. The van der Waals surface area contributed by atoms with Crippen LogP contribution >= 0.6 is 0 Å². The minimum atomic E-state index is -0.715. The Hall–Kier alpha value is -2.94. The lowest BCUT2D eigenvalue weighted by Gasteiger charge is -2.47. The number of carbonyl (C=O) groups excluding carboxylic acids is 2. The molecule has 1 saturated heterocycles. The molecule has 6 rings (SSSR count). The van der Waals surface area contributed by atoms with Crippen LogP contribution in [-0.2, 0) is 20.7 Å². The van der Waals surface area contributed by atoms with Crippen molar-refractivity contribution in [3.05, 3.63) is 46.6 Å². The van der Waals surface area contributed by atoms with Gasteiger partial charge in [0, 0.05) is 37.0 Å². The lowest BCUT2D eigenvalue weighted by Crippen LogP contribution is -2.52. The van der Waals surface area contributed by atoms with Crippen LogP contribution in [0.25, 0.3) is 0 Å². The van der Waals surface area contributed by atoms with Crippen LogP contribution in [0.1, 0.15) is 24.8 Å². The van der Waals surface area contributed by atoms with Crippen LogP contribution in [0, 0.1) is 5.92 Å². The van der Waals surface area contributed by atoms with Crippen molar-refractivity contribution in [2.45, 2.75) is 37.8 Å². The number of allylic oxidation sites excluding steroid dienone is 3. The summed E-state index contributed by atoms with van der Waals surface area (Å²) in [6.07, 6.45) is 5.46. The predicted molar refractivity (Wildman–Crippen MR) is 97.7 cm³/mol. The van der Waals surface area contributed by atoms with Crippen molar-refractivity contribution in [1.82, 2.24) is 10.1 Å². The number of fused-ring (bicyclic) bond motifs is 3. The highest BCUT2D eigenvalue weighted by atomic mass is 19.1. The third kappa shape index (κ3) is 2.24. The van der Waals surface area contributed by atoms with Crippen molar-refractivity contribution in [1.29, 1.82) is 0 Å². The lowest BCUT2D eigenvalue weighted by molar-refractivity contribution is -0.137. The summed E-state index contributed by atoms with van der Waals surface area (Å²) in [6, 6.07) is -0.465. The number of halogens is 1. The maximum absolute atomic E-state index is 15.7. The molecule has 0 saturated carbocycles. The molecule has 3 aliphatic heterocycles. The number of nitrogens with two attached hydrogens (primary N) is 1. The van der Waals surface area contributed by atoms with Gasteiger partial charge < -0.3 is 19.9 Å². The van der Waals surface area contributed by atoms with Gasteiger partial charge in [-0.1, -0.05) is 11.2 Å². The van der Waals surface area contributed by atoms with Crippen molar-refractivity contribution >= 4 is 17.5 Å². The summed E-state index contributed by atoms with van der Waals surface area (Å²) in [5, 5.41) is 3.92. The SMILES string of the molecule is NC1CCN(C2=CC3Cc4cnoc4N4C5=C(OC(=C2F)C34)C(=O)C(=O)CC5)C1. The van der Waals surface area contributed by atoms with Crippen LogP contribution in [0.4, 0.5) is 10.3 Å². The van der Waals surface area contributed by atoms with Crippen molar-refractivity contribution in [3.8, 4) is 0 Å². The average Bonchev–Trinajstić information content (AvgIpc) is 3.35. The van der Waals surface area contributed by atoms with E-state index >= 15 is 4.39 Å². The second-order valence-electron chi connectivity index (χ2n) is 8.19. The van der Waals surface area contributed by atoms with E-state index in [0.29, 0.717) is 43.2 Å². The Morgan fingerprint density at radius 3 is 2.93 bits per heavy atom. The van der Waals surface area contributed by atoms with Crippen LogP contribution in [0.3, 0.4) is 0 Å². The van der Waals surface area contributed by atoms with Crippen molar-refractivity contribution in [2.24, 2.45) is 11.7 Å². The smallest absolute Gasteiger partial charge is 0.265 e. The van der Waals surface area contributed by atoms with Gasteiger partial charge in [-0.25, -0.2) is 4.39 Å². The van der Waals surface area contributed by atoms with Crippen LogP contribution in [0.2, 0.25) is 0 Å². The fourth-order valence-electron chi connectivity index (χ4n) is 5.08. The molecular weight excluding hydrogens is 379 g/mol. The number of ether oxygens (including phenoxy) is 1. The molecule has 3 unspecified atom stereocenters. The third-order valence-corrected chi connectivity index (χ3v) is 6.44. The van der Waals surface area contributed by atoms with Gasteiger partial charge in [0.1, 0.15) is 6.04 Å². The van der Waals surface area contributed by atoms with Gasteiger partial charge in [-0.05, 0) is 19.3 Å². The second-order valence-corrected chi connectivity index (χ2v) is 8.19. The quantitative estimate of drug-likeness (QED) is 0.707. The van der Waals surface area contributed by atoms with E-state index in [4.69, 9.17) is 15.0 Å². The van der Waals surface area contributed by atoms with E-state index in [2.05, 4.69) is 5.16 Å². The molecule has 0 amide bonds. The molecule has 2 aliphatic carbocycles. The molecule has 1 fully saturated rings. The second kappa shape index (κ2) is 5.79. The number of carbonyl (C=O) groups is 2. The van der Waals surface area contributed by atoms with Gasteiger partial charge in [0.15, 0.2) is 17.3 Å². The van der Waals surface area contributed by atoms with Crippen LogP contribution < -0.4 is 10.6 Å². The van der Waals surface area contributed by atoms with E-state index in [-0.39, 0.29) is 29.9 Å². The van der Waals surface area contributed by atoms with Crippen LogP contribution in [0.15, 0.2) is 45.5 Å². The normalized spacial score (nSPS) is 30.8. The Labute approximate surface area is 165 Å². The molecular formula is C20H19FN4O4. The summed E-state index contributed by atoms with van der Waals surface area (Å²) >= 11 is 0. The summed E-state index contributed by atoms with van der Waals surface area (Å²) < 4.78 is 27.0. The number of nitrogens with zero attached hydrogens (tertiary/aromatic N) is 3. The van der Waals surface area contributed by atoms with E-state index in [9.17, 15) is 9.59 Å². The van der Waals surface area contributed by atoms with Gasteiger partial charge in [0.2, 0.25) is 11.7 Å². The van der Waals surface area contributed by atoms with E-state index < -0.39 is 23.4 Å². The number of hydrogen-bond donors (Lipinski definition) is 1. The highest BCUT2D eigenvalue weighted by Crippen LogP contribution is 2.50. The molecule has 0 spiro atoms. The Kier molecular flexibility index (Phi) is 3.39. The summed E-state index contributed by atoms with van der Waals surface area (Å²) in [5.41, 5.74) is 7.93. The van der Waals surface area contributed by atoms with Crippen molar-refractivity contribution < 1.29 is 23.2 Å². The number of ketones is 2. The Balaban J connectivity index is 1.54. The van der Waals surface area contributed by atoms with Gasteiger partial charge >= 0.3 is 0 Å². The maximum Gasteiger partial charge on any atom is 0.265 e. The Bertz CT molecular complexity index is 1050. The number of anilines is 1. The molecule has 1 aromatic heterocycles. The fraction of sp³-hybridized carbons (Fsp3) is 0.450. The molecule has 150 valence electrons. The molecule has 5 aliphatic rings. The number of hydrogen-bond acceptors (Lipinski definition) is 8. The number of rotatable bonds is 1. The number of Topliss-reactive ketones (excluding diaryl/α,β-unsaturated/α-hetero) is 2. The number of likely N-dealkylation sites (tertiary alicyclic amines) is 1. The highest BCUT2D eigenvalue weighted by Gasteiger charge is 2.52. The predicted octanol–water partition coefficient (Wildman–Crippen LogP) is 1.31. The van der Waals surface area contributed by atoms with Crippen molar-refractivity contribution in [3.63, 3.8) is 0 Å². The molecule has 0 aromatic carbocycles. The molecule has 0 bridgehead atoms. The van der Waals surface area contributed by atoms with E-state index in [1.807, 2.05) is 15.9 Å². The zero-order chi connectivity index (χ0) is 19.9. The molecule has 29 heavy (non-hydrogen) atoms. The van der Waals surface area contributed by atoms with Crippen LogP contribution in [-0.4, -0.2) is 46.8 Å². The van der Waals surface area contributed by atoms with E-state index in [1.54, 1.807) is 6.20 Å². The minimum absolute atomic E-state index is 0.00177. The molecule has 2 N–H and O–H groups in total. The largest absolute Gasteiger partial charge is 0.450 e. The summed E-state index contributed by atoms with van der Waals surface area (Å²) in [5.74, 6) is -1.36. The van der Waals surface area contributed by atoms with Gasteiger partial charge in [-0.15, -0.1) is 0 Å². The Morgan fingerprint density at radius 2 is 2.14 bits per heavy atom. The third-order valence-electron chi connectivity index (χ3n) is 6.44. The van der Waals surface area contributed by atoms with Gasteiger partial charge in [0.25, 0.3) is 5.78 Å². The molecule has 9 heteroatoms. The summed E-state index contributed by atoms with van der Waals surface area (Å²) in [7, 11) is 0. The van der Waals surface area contributed by atoms with E-state index in [0.717, 1.165) is 12.0 Å². The maximum atomic E-state index is 15.7. The zero-order valence-electron chi connectivity index (χ0n) is 15.6. The first-order valence-electron chi connectivity index (χ1n) is 9.86. The minimum Gasteiger partial charge on any atom is -0.450 e. The standard InChI is InChI=1S/C20H19FN4O4/c21-15-13(24-4-3-11(22)8-24)6-9-5-10-7-23-29-20(10)25-12-1-2-14(26)17(27)18(12)28-19(15)16(9)25/h6-7,9,11,16H,1-5,8,22H2. The first-order chi connectivity index (χ1) is 14.0. The molecule has 1 aromatic rings. The first-order valence-corrected chi connectivity index (χ1v) is 9.86. The van der Waals surface area contributed by atoms with Gasteiger partial charge in [-0.3, -0.25) is 14.5 Å². The van der Waals surface area contributed by atoms with Crippen LogP contribution in [0.5, 0.6) is 0 Å². The molecule has 0 radical (unpaired) electrons. The molecule has 8 nitrogen and oxygen atoms in total. The Morgan fingerprint density at radius 1 is 1.28 bits per heavy atom.